The molecule has 0 spiro atoms. The first kappa shape index (κ1) is 33.7. The fraction of sp³-hybridized carbons (Fsp3) is 0.857. The van der Waals surface area contributed by atoms with Crippen LogP contribution in [0.2, 0.25) is 0 Å². The molecule has 0 unspecified atom stereocenters. The van der Waals surface area contributed by atoms with Crippen LogP contribution in [0, 0.1) is 0 Å². The average Bonchev–Trinajstić information content (AvgIpc) is 2.60. The fourth-order valence-corrected chi connectivity index (χ4v) is 3.29. The average molecular weight is 444 g/mol. The van der Waals surface area contributed by atoms with Crippen LogP contribution in [0.15, 0.2) is 12.2 Å². The van der Waals surface area contributed by atoms with Gasteiger partial charge in [-0.05, 0) is 32.1 Å². The normalized spacial score (nSPS) is 11.1. The summed E-state index contributed by atoms with van der Waals surface area (Å²) >= 11 is 0. The van der Waals surface area contributed by atoms with Crippen molar-refractivity contribution < 1.29 is 52.8 Å². The number of carbonyl (C=O) groups excluding carboxylic acids is 1. The first-order valence-corrected chi connectivity index (χ1v) is 12.4. The summed E-state index contributed by atoms with van der Waals surface area (Å²) in [5.74, 6) is -0.711. The Balaban J connectivity index is -0.00000338. The Labute approximate surface area is 201 Å². The molecule has 0 rings (SSSR count). The van der Waals surface area contributed by atoms with Crippen LogP contribution in [-0.4, -0.2) is 36.7 Å². The quantitative estimate of drug-likeness (QED) is 0.140. The van der Waals surface area contributed by atoms with Gasteiger partial charge < -0.3 is 15.3 Å². The van der Waals surface area contributed by atoms with Crippen molar-refractivity contribution >= 4 is 16.0 Å². The number of allylic oxidation sites excluding steroid dienone is 2. The second-order valence-corrected chi connectivity index (χ2v) is 8.82. The van der Waals surface area contributed by atoms with Gasteiger partial charge in [-0.2, -0.15) is 0 Å². The molecule has 0 saturated heterocycles. The summed E-state index contributed by atoms with van der Waals surface area (Å²) < 4.78 is 31.3. The molecule has 0 aromatic rings. The van der Waals surface area contributed by atoms with E-state index in [0.29, 0.717) is 6.42 Å². The number of hydrogen-bond donors (Lipinski definition) is 1. The Morgan fingerprint density at radius 1 is 0.828 bits per heavy atom. The fourth-order valence-electron chi connectivity index (χ4n) is 2.94. The Hall–Kier alpha value is 0.0800. The summed E-state index contributed by atoms with van der Waals surface area (Å²) in [6, 6.07) is 0. The van der Waals surface area contributed by atoms with Crippen molar-refractivity contribution in [2.75, 3.05) is 12.3 Å². The van der Waals surface area contributed by atoms with Gasteiger partial charge in [0.25, 0.3) is 0 Å². The second kappa shape index (κ2) is 24.4. The van der Waals surface area contributed by atoms with Crippen molar-refractivity contribution in [3.8, 4) is 0 Å². The molecule has 6 nitrogen and oxygen atoms in total. The molecular weight excluding hydrogens is 401 g/mol. The Morgan fingerprint density at radius 3 is 1.76 bits per heavy atom. The van der Waals surface area contributed by atoms with E-state index in [4.69, 9.17) is 0 Å². The van der Waals surface area contributed by atoms with Crippen LogP contribution in [0.5, 0.6) is 0 Å². The minimum Gasteiger partial charge on any atom is -0.748 e. The van der Waals surface area contributed by atoms with Crippen LogP contribution in [-0.2, 0) is 14.9 Å². The van der Waals surface area contributed by atoms with Crippen LogP contribution in [0.1, 0.15) is 103 Å². The summed E-state index contributed by atoms with van der Waals surface area (Å²) in [5.41, 5.74) is 0. The van der Waals surface area contributed by atoms with E-state index >= 15 is 0 Å². The molecule has 0 radical (unpaired) electrons. The van der Waals surface area contributed by atoms with Crippen molar-refractivity contribution in [1.29, 1.82) is 0 Å². The monoisotopic (exact) mass is 443 g/mol. The van der Waals surface area contributed by atoms with E-state index in [1.165, 1.54) is 64.2 Å². The van der Waals surface area contributed by atoms with Crippen molar-refractivity contribution in [2.24, 2.45) is 0 Å². The first-order valence-electron chi connectivity index (χ1n) is 10.8. The van der Waals surface area contributed by atoms with Gasteiger partial charge in [0.2, 0.25) is 5.91 Å². The summed E-state index contributed by atoms with van der Waals surface area (Å²) in [4.78, 5) is 11.5. The zero-order valence-corrected chi connectivity index (χ0v) is 21.5. The molecule has 168 valence electrons. The molecule has 0 fully saturated rings. The predicted octanol–water partition coefficient (Wildman–Crippen LogP) is 1.25. The van der Waals surface area contributed by atoms with Crippen molar-refractivity contribution in [1.82, 2.24) is 5.32 Å². The third kappa shape index (κ3) is 30.4. The Bertz CT molecular complexity index is 483. The maximum atomic E-state index is 11.5. The van der Waals surface area contributed by atoms with Gasteiger partial charge in [0, 0.05) is 13.0 Å². The van der Waals surface area contributed by atoms with Crippen LogP contribution in [0.3, 0.4) is 0 Å². The molecule has 1 amide bonds. The van der Waals surface area contributed by atoms with Crippen LogP contribution >= 0.6 is 0 Å². The third-order valence-electron chi connectivity index (χ3n) is 4.59. The van der Waals surface area contributed by atoms with Crippen LogP contribution < -0.4 is 34.9 Å². The largest absolute Gasteiger partial charge is 1.00 e. The molecule has 0 aliphatic rings. The molecule has 8 heteroatoms. The Morgan fingerprint density at radius 2 is 1.28 bits per heavy atom. The van der Waals surface area contributed by atoms with Gasteiger partial charge in [-0.25, -0.2) is 8.42 Å². The summed E-state index contributed by atoms with van der Waals surface area (Å²) in [6.45, 7) is 2.16. The van der Waals surface area contributed by atoms with Gasteiger partial charge in [-0.3, -0.25) is 4.79 Å². The number of unbranched alkanes of at least 4 members (excludes halogenated alkanes) is 12. The molecule has 0 saturated carbocycles. The van der Waals surface area contributed by atoms with Gasteiger partial charge in [0.15, 0.2) is 0 Å². The first-order chi connectivity index (χ1) is 13.0. The van der Waals surface area contributed by atoms with E-state index in [1.807, 2.05) is 0 Å². The molecular formula is C21H42NNaO5S. The van der Waals surface area contributed by atoms with Gasteiger partial charge in [-0.1, -0.05) is 76.9 Å². The van der Waals surface area contributed by atoms with E-state index in [-0.39, 0.29) is 47.5 Å². The van der Waals surface area contributed by atoms with Crippen molar-refractivity contribution in [2.45, 2.75) is 103 Å². The van der Waals surface area contributed by atoms with E-state index < -0.39 is 15.9 Å². The number of amides is 1. The third-order valence-corrected chi connectivity index (χ3v) is 5.29. The zero-order valence-electron chi connectivity index (χ0n) is 18.7. The maximum absolute atomic E-state index is 11.5. The number of carbonyl (C=O) groups is 1. The standard InChI is InChI=1S/C21H41NO4S.Na.H2O/c1-2-3-4-5-6-7-8-9-10-11-12-13-14-15-16-17-18-21(23)22-19-20-27(24,25)26;;/h10-11H,2-9,12-20H2,1H3,(H,22,23)(H,24,25,26);;1H2/q;+1;/p-1/b11-10-;;. The maximum Gasteiger partial charge on any atom is 1.00 e. The molecule has 0 atom stereocenters. The van der Waals surface area contributed by atoms with E-state index in [0.717, 1.165) is 25.7 Å². The van der Waals surface area contributed by atoms with Crippen LogP contribution in [0.25, 0.3) is 0 Å². The molecule has 0 aliphatic heterocycles. The van der Waals surface area contributed by atoms with Gasteiger partial charge in [0.05, 0.1) is 15.9 Å². The van der Waals surface area contributed by atoms with E-state index in [2.05, 4.69) is 24.4 Å². The molecule has 0 heterocycles. The molecule has 29 heavy (non-hydrogen) atoms. The molecule has 0 aromatic carbocycles. The van der Waals surface area contributed by atoms with Gasteiger partial charge in [0.1, 0.15) is 0 Å². The van der Waals surface area contributed by atoms with Crippen molar-refractivity contribution in [3.05, 3.63) is 12.2 Å². The SMILES string of the molecule is CCCCCCCCC/C=C\CCCCCCCC(=O)NCCS(=O)(=O)[O-].O.[Na+]. The summed E-state index contributed by atoms with van der Waals surface area (Å²) in [7, 11) is -4.24. The second-order valence-electron chi connectivity index (χ2n) is 7.30. The smallest absolute Gasteiger partial charge is 0.748 e. The summed E-state index contributed by atoms with van der Waals surface area (Å²) in [6.07, 6.45) is 22.2. The minimum absolute atomic E-state index is 0. The van der Waals surface area contributed by atoms with Crippen LogP contribution in [0.4, 0.5) is 0 Å². The van der Waals surface area contributed by atoms with Crippen molar-refractivity contribution in [3.63, 3.8) is 0 Å². The molecule has 3 N–H and O–H groups in total. The molecule has 0 bridgehead atoms. The topological polar surface area (TPSA) is 118 Å². The molecule has 0 aromatic heterocycles. The number of rotatable bonds is 19. The van der Waals surface area contributed by atoms with Gasteiger partial charge >= 0.3 is 29.6 Å². The predicted molar refractivity (Wildman–Crippen MR) is 115 cm³/mol. The minimum atomic E-state index is -4.24. The van der Waals surface area contributed by atoms with Gasteiger partial charge in [-0.15, -0.1) is 0 Å². The number of hydrogen-bond acceptors (Lipinski definition) is 4. The Kier molecular flexibility index (Phi) is 28.3. The van der Waals surface area contributed by atoms with E-state index in [9.17, 15) is 17.8 Å². The summed E-state index contributed by atoms with van der Waals surface area (Å²) in [5, 5.41) is 2.46. The zero-order chi connectivity index (χ0) is 20.2. The molecule has 0 aliphatic carbocycles. The van der Waals surface area contributed by atoms with E-state index in [1.54, 1.807) is 0 Å². The number of nitrogens with one attached hydrogen (secondary N) is 1.